The van der Waals surface area contributed by atoms with Gasteiger partial charge in [-0.15, -0.1) is 0 Å². The van der Waals surface area contributed by atoms with Crippen molar-refractivity contribution in [1.82, 2.24) is 4.90 Å². The van der Waals surface area contributed by atoms with E-state index in [1.54, 1.807) is 0 Å². The predicted molar refractivity (Wildman–Crippen MR) is 129 cm³/mol. The SMILES string of the molecule is c1ccc(N2CCN(C(c3ccccc3)(c3ccccc3)c3ccccc3)CC2)cc1. The van der Waals surface area contributed by atoms with Gasteiger partial charge in [-0.05, 0) is 28.8 Å². The third-order valence-corrected chi connectivity index (χ3v) is 6.45. The van der Waals surface area contributed by atoms with E-state index in [9.17, 15) is 0 Å². The van der Waals surface area contributed by atoms with Crippen LogP contribution >= 0.6 is 0 Å². The molecule has 0 unspecified atom stereocenters. The van der Waals surface area contributed by atoms with Gasteiger partial charge in [0.2, 0.25) is 0 Å². The van der Waals surface area contributed by atoms with E-state index >= 15 is 0 Å². The van der Waals surface area contributed by atoms with Crippen molar-refractivity contribution < 1.29 is 0 Å². The monoisotopic (exact) mass is 404 g/mol. The lowest BCUT2D eigenvalue weighted by atomic mass is 9.75. The first-order valence-electron chi connectivity index (χ1n) is 11.1. The smallest absolute Gasteiger partial charge is 0.0974 e. The van der Waals surface area contributed by atoms with Crippen LogP contribution in [0, 0.1) is 0 Å². The maximum atomic E-state index is 2.67. The zero-order valence-electron chi connectivity index (χ0n) is 17.8. The minimum atomic E-state index is -0.313. The van der Waals surface area contributed by atoms with E-state index in [1.807, 2.05) is 0 Å². The van der Waals surface area contributed by atoms with Gasteiger partial charge in [0, 0.05) is 31.9 Å². The average Bonchev–Trinajstić information content (AvgIpc) is 2.88. The lowest BCUT2D eigenvalue weighted by molar-refractivity contribution is 0.147. The van der Waals surface area contributed by atoms with Crippen molar-refractivity contribution in [2.45, 2.75) is 5.54 Å². The van der Waals surface area contributed by atoms with Crippen LogP contribution in [0.5, 0.6) is 0 Å². The van der Waals surface area contributed by atoms with E-state index < -0.39 is 0 Å². The minimum Gasteiger partial charge on any atom is -0.369 e. The number of rotatable bonds is 5. The molecule has 4 aromatic carbocycles. The normalized spacial score (nSPS) is 15.0. The van der Waals surface area contributed by atoms with E-state index in [0.717, 1.165) is 26.2 Å². The molecule has 0 radical (unpaired) electrons. The largest absolute Gasteiger partial charge is 0.369 e. The highest BCUT2D eigenvalue weighted by Crippen LogP contribution is 2.43. The van der Waals surface area contributed by atoms with Gasteiger partial charge >= 0.3 is 0 Å². The predicted octanol–water partition coefficient (Wildman–Crippen LogP) is 5.80. The molecular formula is C29H28N2. The Bertz CT molecular complexity index is 974. The number of piperazine rings is 1. The second kappa shape index (κ2) is 8.79. The highest BCUT2D eigenvalue weighted by atomic mass is 15.3. The standard InChI is InChI=1S/C29H28N2/c1-5-13-25(14-6-1)29(26-15-7-2-8-16-26,27-17-9-3-10-18-27)31-23-21-30(22-24-31)28-19-11-4-12-20-28/h1-20H,21-24H2. The lowest BCUT2D eigenvalue weighted by Crippen LogP contribution is -2.56. The Morgan fingerprint density at radius 1 is 0.419 bits per heavy atom. The van der Waals surface area contributed by atoms with Crippen molar-refractivity contribution in [3.05, 3.63) is 138 Å². The summed E-state index contributed by atoms with van der Waals surface area (Å²) < 4.78 is 0. The number of nitrogens with zero attached hydrogens (tertiary/aromatic N) is 2. The van der Waals surface area contributed by atoms with Gasteiger partial charge in [-0.1, -0.05) is 109 Å². The summed E-state index contributed by atoms with van der Waals surface area (Å²) in [5.74, 6) is 0. The van der Waals surface area contributed by atoms with Crippen LogP contribution in [-0.4, -0.2) is 31.1 Å². The summed E-state index contributed by atoms with van der Waals surface area (Å²) in [6, 6.07) is 43.8. The molecule has 1 aliphatic heterocycles. The van der Waals surface area contributed by atoms with Gasteiger partial charge in [-0.3, -0.25) is 4.90 Å². The Labute approximate surface area is 185 Å². The first-order valence-corrected chi connectivity index (χ1v) is 11.1. The molecule has 1 saturated heterocycles. The third kappa shape index (κ3) is 3.64. The number of benzene rings is 4. The Hall–Kier alpha value is -3.36. The summed E-state index contributed by atoms with van der Waals surface area (Å²) in [4.78, 5) is 5.18. The summed E-state index contributed by atoms with van der Waals surface area (Å²) in [5, 5.41) is 0. The maximum absolute atomic E-state index is 2.67. The van der Waals surface area contributed by atoms with Crippen molar-refractivity contribution in [3.8, 4) is 0 Å². The Balaban J connectivity index is 1.61. The molecule has 4 aromatic rings. The second-order valence-corrected chi connectivity index (χ2v) is 8.12. The van der Waals surface area contributed by atoms with E-state index in [4.69, 9.17) is 0 Å². The molecule has 0 saturated carbocycles. The van der Waals surface area contributed by atoms with Crippen LogP contribution in [0.3, 0.4) is 0 Å². The fourth-order valence-electron chi connectivity index (χ4n) is 5.02. The van der Waals surface area contributed by atoms with Crippen LogP contribution in [-0.2, 0) is 5.54 Å². The van der Waals surface area contributed by atoms with Crippen LogP contribution in [0.1, 0.15) is 16.7 Å². The summed E-state index contributed by atoms with van der Waals surface area (Å²) in [5.41, 5.74) is 4.96. The number of para-hydroxylation sites is 1. The fraction of sp³-hybridized carbons (Fsp3) is 0.172. The molecule has 0 spiro atoms. The van der Waals surface area contributed by atoms with Crippen LogP contribution in [0.2, 0.25) is 0 Å². The molecule has 154 valence electrons. The molecule has 1 aliphatic rings. The molecule has 0 aromatic heterocycles. The van der Waals surface area contributed by atoms with E-state index in [1.165, 1.54) is 22.4 Å². The summed E-state index contributed by atoms with van der Waals surface area (Å²) in [6.07, 6.45) is 0. The zero-order valence-corrected chi connectivity index (χ0v) is 17.8. The van der Waals surface area contributed by atoms with Gasteiger partial charge in [-0.25, -0.2) is 0 Å². The van der Waals surface area contributed by atoms with Gasteiger partial charge in [-0.2, -0.15) is 0 Å². The summed E-state index contributed by atoms with van der Waals surface area (Å²) in [7, 11) is 0. The molecule has 0 amide bonds. The molecule has 1 fully saturated rings. The quantitative estimate of drug-likeness (QED) is 0.388. The Morgan fingerprint density at radius 3 is 1.16 bits per heavy atom. The lowest BCUT2D eigenvalue weighted by Gasteiger charge is -2.49. The Kier molecular flexibility index (Phi) is 5.56. The highest BCUT2D eigenvalue weighted by Gasteiger charge is 2.43. The van der Waals surface area contributed by atoms with Crippen LogP contribution in [0.4, 0.5) is 5.69 Å². The molecule has 0 atom stereocenters. The van der Waals surface area contributed by atoms with Crippen LogP contribution < -0.4 is 4.90 Å². The van der Waals surface area contributed by atoms with E-state index in [2.05, 4.69) is 131 Å². The van der Waals surface area contributed by atoms with Gasteiger partial charge in [0.05, 0.1) is 5.54 Å². The first-order chi connectivity index (χ1) is 15.4. The Morgan fingerprint density at radius 2 is 0.774 bits per heavy atom. The third-order valence-electron chi connectivity index (χ3n) is 6.45. The summed E-state index contributed by atoms with van der Waals surface area (Å²) >= 11 is 0. The van der Waals surface area contributed by atoms with Gasteiger partial charge in [0.15, 0.2) is 0 Å². The number of hydrogen-bond acceptors (Lipinski definition) is 2. The average molecular weight is 405 g/mol. The van der Waals surface area contributed by atoms with Crippen molar-refractivity contribution in [1.29, 1.82) is 0 Å². The molecule has 31 heavy (non-hydrogen) atoms. The van der Waals surface area contributed by atoms with Crippen molar-refractivity contribution >= 4 is 5.69 Å². The maximum Gasteiger partial charge on any atom is 0.0974 e. The fourth-order valence-corrected chi connectivity index (χ4v) is 5.02. The second-order valence-electron chi connectivity index (χ2n) is 8.12. The summed E-state index contributed by atoms with van der Waals surface area (Å²) in [6.45, 7) is 4.01. The van der Waals surface area contributed by atoms with Crippen LogP contribution in [0.15, 0.2) is 121 Å². The van der Waals surface area contributed by atoms with Crippen molar-refractivity contribution in [2.75, 3.05) is 31.1 Å². The van der Waals surface area contributed by atoms with Crippen molar-refractivity contribution in [3.63, 3.8) is 0 Å². The molecule has 5 rings (SSSR count). The van der Waals surface area contributed by atoms with E-state index in [0.29, 0.717) is 0 Å². The molecule has 0 bridgehead atoms. The molecular weight excluding hydrogens is 376 g/mol. The van der Waals surface area contributed by atoms with Gasteiger partial charge < -0.3 is 4.90 Å². The molecule has 2 nitrogen and oxygen atoms in total. The first kappa shape index (κ1) is 19.6. The van der Waals surface area contributed by atoms with Crippen molar-refractivity contribution in [2.24, 2.45) is 0 Å². The topological polar surface area (TPSA) is 6.48 Å². The van der Waals surface area contributed by atoms with Crippen LogP contribution in [0.25, 0.3) is 0 Å². The zero-order chi connectivity index (χ0) is 20.9. The van der Waals surface area contributed by atoms with Gasteiger partial charge in [0.1, 0.15) is 0 Å². The highest BCUT2D eigenvalue weighted by molar-refractivity contribution is 5.51. The van der Waals surface area contributed by atoms with E-state index in [-0.39, 0.29) is 5.54 Å². The number of anilines is 1. The number of hydrogen-bond donors (Lipinski definition) is 0. The molecule has 0 aliphatic carbocycles. The molecule has 0 N–H and O–H groups in total. The van der Waals surface area contributed by atoms with Gasteiger partial charge in [0.25, 0.3) is 0 Å². The molecule has 2 heteroatoms. The minimum absolute atomic E-state index is 0.313. The molecule has 1 heterocycles.